The van der Waals surface area contributed by atoms with Crippen LogP contribution in [0.2, 0.25) is 0 Å². The van der Waals surface area contributed by atoms with Crippen LogP contribution in [0.25, 0.3) is 5.57 Å². The van der Waals surface area contributed by atoms with E-state index in [0.29, 0.717) is 5.92 Å². The highest BCUT2D eigenvalue weighted by atomic mass is 14.9. The van der Waals surface area contributed by atoms with E-state index in [1.165, 1.54) is 33.6 Å². The van der Waals surface area contributed by atoms with Gasteiger partial charge in [-0.25, -0.2) is 0 Å². The molecule has 2 heteroatoms. The lowest BCUT2D eigenvalue weighted by Crippen LogP contribution is -2.32. The maximum absolute atomic E-state index is 4.95. The van der Waals surface area contributed by atoms with E-state index < -0.39 is 0 Å². The molecule has 1 N–H and O–H groups in total. The van der Waals surface area contributed by atoms with Gasteiger partial charge >= 0.3 is 0 Å². The standard InChI is InChI=1S/C25H36N2/c1-7-22(10-8-9-20(5)23-13-11-19(4)12-14-23)21(6)27-25-17-26-16-15-24(25)18(2)3/h11-14,22,26H,5-10,15-17H2,1-4H3. The van der Waals surface area contributed by atoms with Gasteiger partial charge in [-0.2, -0.15) is 0 Å². The molecule has 0 amide bonds. The zero-order chi connectivity index (χ0) is 19.8. The Morgan fingerprint density at radius 2 is 1.89 bits per heavy atom. The summed E-state index contributed by atoms with van der Waals surface area (Å²) < 4.78 is 0. The molecule has 1 aromatic carbocycles. The van der Waals surface area contributed by atoms with Crippen molar-refractivity contribution in [3.05, 3.63) is 65.4 Å². The van der Waals surface area contributed by atoms with E-state index in [4.69, 9.17) is 4.99 Å². The van der Waals surface area contributed by atoms with Crippen LogP contribution in [-0.4, -0.2) is 18.8 Å². The molecule has 0 bridgehead atoms. The number of allylic oxidation sites excluding steroid dienone is 3. The molecule has 1 aliphatic heterocycles. The van der Waals surface area contributed by atoms with Crippen molar-refractivity contribution < 1.29 is 0 Å². The number of benzene rings is 1. The van der Waals surface area contributed by atoms with Crippen molar-refractivity contribution in [1.29, 1.82) is 0 Å². The van der Waals surface area contributed by atoms with Crippen molar-refractivity contribution in [3.63, 3.8) is 0 Å². The Bertz CT molecular complexity index is 715. The summed E-state index contributed by atoms with van der Waals surface area (Å²) in [6, 6.07) is 8.67. The highest BCUT2D eigenvalue weighted by Gasteiger charge is 2.17. The van der Waals surface area contributed by atoms with Gasteiger partial charge in [0.05, 0.1) is 5.71 Å². The zero-order valence-corrected chi connectivity index (χ0v) is 17.7. The van der Waals surface area contributed by atoms with Crippen LogP contribution in [0.15, 0.2) is 59.3 Å². The van der Waals surface area contributed by atoms with Gasteiger partial charge in [0.2, 0.25) is 0 Å². The van der Waals surface area contributed by atoms with Crippen molar-refractivity contribution in [1.82, 2.24) is 5.32 Å². The Kier molecular flexibility index (Phi) is 8.24. The zero-order valence-electron chi connectivity index (χ0n) is 17.7. The summed E-state index contributed by atoms with van der Waals surface area (Å²) >= 11 is 0. The first kappa shape index (κ1) is 21.4. The molecule has 1 atom stereocenters. The van der Waals surface area contributed by atoms with Gasteiger partial charge in [0.15, 0.2) is 0 Å². The molecule has 1 aliphatic rings. The molecule has 2 rings (SSSR count). The Hall–Kier alpha value is -1.93. The van der Waals surface area contributed by atoms with Gasteiger partial charge in [0.1, 0.15) is 0 Å². The number of piperidine rings is 1. The van der Waals surface area contributed by atoms with Gasteiger partial charge in [0, 0.05) is 18.2 Å². The third kappa shape index (κ3) is 6.32. The van der Waals surface area contributed by atoms with Crippen molar-refractivity contribution in [3.8, 4) is 0 Å². The third-order valence-corrected chi connectivity index (χ3v) is 5.53. The van der Waals surface area contributed by atoms with E-state index in [0.717, 1.165) is 50.9 Å². The number of hydrogen-bond donors (Lipinski definition) is 1. The maximum Gasteiger partial charge on any atom is 0.0576 e. The first-order valence-electron chi connectivity index (χ1n) is 10.3. The van der Waals surface area contributed by atoms with Crippen molar-refractivity contribution in [2.45, 2.75) is 59.8 Å². The topological polar surface area (TPSA) is 24.4 Å². The lowest BCUT2D eigenvalue weighted by Gasteiger charge is -2.22. The molecular weight excluding hydrogens is 328 g/mol. The highest BCUT2D eigenvalue weighted by Crippen LogP contribution is 2.26. The molecule has 0 radical (unpaired) electrons. The van der Waals surface area contributed by atoms with Crippen molar-refractivity contribution in [2.24, 2.45) is 10.9 Å². The summed E-state index contributed by atoms with van der Waals surface area (Å²) in [7, 11) is 0. The van der Waals surface area contributed by atoms with E-state index in [9.17, 15) is 0 Å². The van der Waals surface area contributed by atoms with Gasteiger partial charge in [-0.3, -0.25) is 4.99 Å². The minimum absolute atomic E-state index is 0.448. The molecule has 1 unspecified atom stereocenters. The summed E-state index contributed by atoms with van der Waals surface area (Å²) in [5.74, 6) is 0.448. The second kappa shape index (κ2) is 10.4. The molecule has 2 nitrogen and oxygen atoms in total. The summed E-state index contributed by atoms with van der Waals surface area (Å²) in [5.41, 5.74) is 8.80. The summed E-state index contributed by atoms with van der Waals surface area (Å²) in [5, 5.41) is 3.44. The fraction of sp³-hybridized carbons (Fsp3) is 0.480. The monoisotopic (exact) mass is 364 g/mol. The Morgan fingerprint density at radius 1 is 1.19 bits per heavy atom. The molecule has 0 saturated carbocycles. The van der Waals surface area contributed by atoms with Crippen LogP contribution >= 0.6 is 0 Å². The SMILES string of the molecule is C=C(CCCC(CC)C(=C)N=C1CNCCC1=C(C)C)c1ccc(C)cc1. The summed E-state index contributed by atoms with van der Waals surface area (Å²) in [4.78, 5) is 4.95. The Balaban J connectivity index is 1.93. The van der Waals surface area contributed by atoms with Crippen LogP contribution in [-0.2, 0) is 0 Å². The average molecular weight is 365 g/mol. The van der Waals surface area contributed by atoms with Crippen LogP contribution in [0.5, 0.6) is 0 Å². The quantitative estimate of drug-likeness (QED) is 0.560. The number of aliphatic imine (C=N–C) groups is 1. The van der Waals surface area contributed by atoms with Gasteiger partial charge < -0.3 is 5.32 Å². The predicted octanol–water partition coefficient (Wildman–Crippen LogP) is 6.49. The van der Waals surface area contributed by atoms with Crippen molar-refractivity contribution in [2.75, 3.05) is 13.1 Å². The summed E-state index contributed by atoms with van der Waals surface area (Å²) in [6.45, 7) is 19.2. The van der Waals surface area contributed by atoms with E-state index in [-0.39, 0.29) is 0 Å². The second-order valence-electron chi connectivity index (χ2n) is 7.92. The van der Waals surface area contributed by atoms with Gasteiger partial charge in [0.25, 0.3) is 0 Å². The number of rotatable bonds is 8. The average Bonchev–Trinajstić information content (AvgIpc) is 2.65. The van der Waals surface area contributed by atoms with E-state index in [1.54, 1.807) is 0 Å². The van der Waals surface area contributed by atoms with Crippen LogP contribution in [0.1, 0.15) is 64.0 Å². The van der Waals surface area contributed by atoms with Gasteiger partial charge in [-0.15, -0.1) is 0 Å². The van der Waals surface area contributed by atoms with E-state index in [2.05, 4.69) is 70.4 Å². The lowest BCUT2D eigenvalue weighted by molar-refractivity contribution is 0.521. The van der Waals surface area contributed by atoms with Crippen LogP contribution in [0.4, 0.5) is 0 Å². The minimum atomic E-state index is 0.448. The van der Waals surface area contributed by atoms with Gasteiger partial charge in [-0.1, -0.05) is 55.5 Å². The molecule has 0 aromatic heterocycles. The number of nitrogens with one attached hydrogen (secondary N) is 1. The largest absolute Gasteiger partial charge is 0.311 e. The molecule has 1 saturated heterocycles. The van der Waals surface area contributed by atoms with Crippen LogP contribution in [0, 0.1) is 12.8 Å². The molecule has 1 aromatic rings. The van der Waals surface area contributed by atoms with Crippen molar-refractivity contribution >= 4 is 11.3 Å². The highest BCUT2D eigenvalue weighted by molar-refractivity contribution is 6.03. The van der Waals surface area contributed by atoms with E-state index in [1.807, 2.05) is 0 Å². The summed E-state index contributed by atoms with van der Waals surface area (Å²) in [6.07, 6.45) is 5.44. The number of hydrogen-bond acceptors (Lipinski definition) is 2. The number of aryl methyl sites for hydroxylation is 1. The van der Waals surface area contributed by atoms with Crippen LogP contribution in [0.3, 0.4) is 0 Å². The molecular formula is C25H36N2. The maximum atomic E-state index is 4.95. The third-order valence-electron chi connectivity index (χ3n) is 5.53. The molecule has 0 spiro atoms. The first-order chi connectivity index (χ1) is 12.9. The molecule has 0 aliphatic carbocycles. The fourth-order valence-corrected chi connectivity index (χ4v) is 3.68. The molecule has 146 valence electrons. The number of nitrogens with zero attached hydrogens (tertiary/aromatic N) is 1. The smallest absolute Gasteiger partial charge is 0.0576 e. The van der Waals surface area contributed by atoms with Crippen LogP contribution < -0.4 is 5.32 Å². The predicted molar refractivity (Wildman–Crippen MR) is 120 cm³/mol. The molecule has 1 heterocycles. The fourth-order valence-electron chi connectivity index (χ4n) is 3.68. The second-order valence-corrected chi connectivity index (χ2v) is 7.92. The molecule has 1 fully saturated rings. The Labute approximate surface area is 166 Å². The van der Waals surface area contributed by atoms with E-state index >= 15 is 0 Å². The van der Waals surface area contributed by atoms with Gasteiger partial charge in [-0.05, 0) is 76.1 Å². The normalized spacial score (nSPS) is 17.0. The minimum Gasteiger partial charge on any atom is -0.311 e. The lowest BCUT2D eigenvalue weighted by atomic mass is 9.93. The Morgan fingerprint density at radius 3 is 2.52 bits per heavy atom. The first-order valence-corrected chi connectivity index (χ1v) is 10.3. The molecule has 27 heavy (non-hydrogen) atoms.